The molecule has 0 radical (unpaired) electrons. The number of rotatable bonds is 2. The highest BCUT2D eigenvalue weighted by molar-refractivity contribution is 5.89. The van der Waals surface area contributed by atoms with Crippen LogP contribution in [0, 0.1) is 12.3 Å². The Hall–Kier alpha value is -1.75. The number of esters is 1. The van der Waals surface area contributed by atoms with Crippen molar-refractivity contribution in [3.05, 3.63) is 35.4 Å². The van der Waals surface area contributed by atoms with E-state index in [1.54, 1.807) is 12.1 Å². The SMILES string of the molecule is C#CC(C)c1ccc(C(=O)OC)cc1. The minimum Gasteiger partial charge on any atom is -0.465 e. The zero-order chi connectivity index (χ0) is 10.6. The fourth-order valence-corrected chi connectivity index (χ4v) is 1.12. The number of methoxy groups -OCH3 is 1. The molecule has 0 aromatic heterocycles. The van der Waals surface area contributed by atoms with Gasteiger partial charge >= 0.3 is 5.97 Å². The van der Waals surface area contributed by atoms with E-state index in [0.29, 0.717) is 5.56 Å². The average Bonchev–Trinajstić information content (AvgIpc) is 2.27. The molecule has 1 atom stereocenters. The molecule has 0 saturated carbocycles. The number of terminal acetylenes is 1. The Morgan fingerprint density at radius 1 is 1.43 bits per heavy atom. The second-order valence-corrected chi connectivity index (χ2v) is 3.00. The van der Waals surface area contributed by atoms with Crippen LogP contribution in [-0.2, 0) is 4.74 Å². The van der Waals surface area contributed by atoms with Crippen LogP contribution in [0.25, 0.3) is 0 Å². The summed E-state index contributed by atoms with van der Waals surface area (Å²) in [7, 11) is 1.36. The van der Waals surface area contributed by atoms with Gasteiger partial charge in [-0.05, 0) is 24.6 Å². The van der Waals surface area contributed by atoms with Gasteiger partial charge in [0.1, 0.15) is 0 Å². The van der Waals surface area contributed by atoms with E-state index in [0.717, 1.165) is 5.56 Å². The zero-order valence-corrected chi connectivity index (χ0v) is 8.28. The van der Waals surface area contributed by atoms with Gasteiger partial charge in [-0.25, -0.2) is 4.79 Å². The molecule has 1 unspecified atom stereocenters. The van der Waals surface area contributed by atoms with Crippen molar-refractivity contribution in [1.82, 2.24) is 0 Å². The van der Waals surface area contributed by atoms with E-state index in [1.807, 2.05) is 19.1 Å². The van der Waals surface area contributed by atoms with Crippen LogP contribution < -0.4 is 0 Å². The Balaban J connectivity index is 2.90. The van der Waals surface area contributed by atoms with Gasteiger partial charge in [-0.15, -0.1) is 6.42 Å². The topological polar surface area (TPSA) is 26.3 Å². The van der Waals surface area contributed by atoms with Crippen molar-refractivity contribution in [2.75, 3.05) is 7.11 Å². The predicted molar refractivity (Wildman–Crippen MR) is 55.0 cm³/mol. The Morgan fingerprint density at radius 3 is 2.43 bits per heavy atom. The summed E-state index contributed by atoms with van der Waals surface area (Å²) in [4.78, 5) is 11.1. The number of carbonyl (C=O) groups excluding carboxylic acids is 1. The first-order valence-electron chi connectivity index (χ1n) is 4.33. The summed E-state index contributed by atoms with van der Waals surface area (Å²) in [6.07, 6.45) is 5.29. The van der Waals surface area contributed by atoms with Crippen molar-refractivity contribution < 1.29 is 9.53 Å². The molecule has 0 saturated heterocycles. The molecule has 0 aliphatic carbocycles. The average molecular weight is 188 g/mol. The van der Waals surface area contributed by atoms with Gasteiger partial charge in [0.2, 0.25) is 0 Å². The van der Waals surface area contributed by atoms with Crippen molar-refractivity contribution in [3.8, 4) is 12.3 Å². The summed E-state index contributed by atoms with van der Waals surface area (Å²) in [6.45, 7) is 1.94. The van der Waals surface area contributed by atoms with Crippen LogP contribution in [0.15, 0.2) is 24.3 Å². The summed E-state index contributed by atoms with van der Waals surface area (Å²) in [5, 5.41) is 0. The van der Waals surface area contributed by atoms with Gasteiger partial charge in [0.15, 0.2) is 0 Å². The highest BCUT2D eigenvalue weighted by atomic mass is 16.5. The molecule has 0 bridgehead atoms. The summed E-state index contributed by atoms with van der Waals surface area (Å²) < 4.78 is 4.58. The maximum atomic E-state index is 11.1. The number of benzene rings is 1. The summed E-state index contributed by atoms with van der Waals surface area (Å²) >= 11 is 0. The van der Waals surface area contributed by atoms with Crippen LogP contribution in [0.2, 0.25) is 0 Å². The fourth-order valence-electron chi connectivity index (χ4n) is 1.12. The lowest BCUT2D eigenvalue weighted by Crippen LogP contribution is -2.01. The minimum atomic E-state index is -0.329. The van der Waals surface area contributed by atoms with Gasteiger partial charge < -0.3 is 4.74 Å². The first-order valence-corrected chi connectivity index (χ1v) is 4.33. The maximum absolute atomic E-state index is 11.1. The number of carbonyl (C=O) groups is 1. The molecule has 0 amide bonds. The van der Waals surface area contributed by atoms with Crippen LogP contribution in [-0.4, -0.2) is 13.1 Å². The van der Waals surface area contributed by atoms with Crippen LogP contribution in [0.4, 0.5) is 0 Å². The fraction of sp³-hybridized carbons (Fsp3) is 0.250. The maximum Gasteiger partial charge on any atom is 0.337 e. The molecule has 0 aliphatic rings. The third kappa shape index (κ3) is 2.14. The monoisotopic (exact) mass is 188 g/mol. The second kappa shape index (κ2) is 4.48. The largest absolute Gasteiger partial charge is 0.465 e. The van der Waals surface area contributed by atoms with Crippen LogP contribution in [0.3, 0.4) is 0 Å². The lowest BCUT2D eigenvalue weighted by molar-refractivity contribution is 0.0600. The molecule has 0 fully saturated rings. The third-order valence-electron chi connectivity index (χ3n) is 2.08. The number of ether oxygens (including phenoxy) is 1. The number of hydrogen-bond acceptors (Lipinski definition) is 2. The molecule has 1 rings (SSSR count). The molecule has 0 spiro atoms. The normalized spacial score (nSPS) is 11.5. The van der Waals surface area contributed by atoms with E-state index in [9.17, 15) is 4.79 Å². The number of hydrogen-bond donors (Lipinski definition) is 0. The summed E-state index contributed by atoms with van der Waals surface area (Å²) in [5.41, 5.74) is 1.57. The smallest absolute Gasteiger partial charge is 0.337 e. The van der Waals surface area contributed by atoms with Crippen molar-refractivity contribution in [3.63, 3.8) is 0 Å². The van der Waals surface area contributed by atoms with E-state index < -0.39 is 0 Å². The summed E-state index contributed by atoms with van der Waals surface area (Å²) in [6, 6.07) is 7.12. The Kier molecular flexibility index (Phi) is 3.30. The molecule has 2 heteroatoms. The lowest BCUT2D eigenvalue weighted by atomic mass is 10.0. The van der Waals surface area contributed by atoms with Crippen molar-refractivity contribution in [2.45, 2.75) is 12.8 Å². The second-order valence-electron chi connectivity index (χ2n) is 3.00. The van der Waals surface area contributed by atoms with Crippen LogP contribution in [0.5, 0.6) is 0 Å². The molecule has 1 aromatic carbocycles. The molecular formula is C12H12O2. The molecule has 0 heterocycles. The quantitative estimate of drug-likeness (QED) is 0.525. The molecule has 0 aliphatic heterocycles. The minimum absolute atomic E-state index is 0.0710. The van der Waals surface area contributed by atoms with E-state index in [-0.39, 0.29) is 11.9 Å². The molecule has 0 N–H and O–H groups in total. The van der Waals surface area contributed by atoms with E-state index >= 15 is 0 Å². The zero-order valence-electron chi connectivity index (χ0n) is 8.28. The van der Waals surface area contributed by atoms with E-state index in [4.69, 9.17) is 6.42 Å². The highest BCUT2D eigenvalue weighted by Crippen LogP contribution is 2.14. The highest BCUT2D eigenvalue weighted by Gasteiger charge is 2.06. The van der Waals surface area contributed by atoms with E-state index in [1.165, 1.54) is 7.11 Å². The summed E-state index contributed by atoms with van der Waals surface area (Å²) in [5.74, 6) is 2.37. The van der Waals surface area contributed by atoms with Crippen molar-refractivity contribution in [2.24, 2.45) is 0 Å². The Morgan fingerprint density at radius 2 is 2.00 bits per heavy atom. The lowest BCUT2D eigenvalue weighted by Gasteiger charge is -2.04. The Labute approximate surface area is 83.9 Å². The predicted octanol–water partition coefficient (Wildman–Crippen LogP) is 2.21. The van der Waals surface area contributed by atoms with Crippen molar-refractivity contribution >= 4 is 5.97 Å². The Bertz CT molecular complexity index is 357. The first kappa shape index (κ1) is 10.3. The van der Waals surface area contributed by atoms with Crippen LogP contribution >= 0.6 is 0 Å². The standard InChI is InChI=1S/C12H12O2/c1-4-9(2)10-5-7-11(8-6-10)12(13)14-3/h1,5-9H,2-3H3. The molecule has 72 valence electrons. The van der Waals surface area contributed by atoms with Gasteiger partial charge in [0, 0.05) is 5.92 Å². The van der Waals surface area contributed by atoms with Gasteiger partial charge in [-0.3, -0.25) is 0 Å². The van der Waals surface area contributed by atoms with E-state index in [2.05, 4.69) is 10.7 Å². The van der Waals surface area contributed by atoms with Gasteiger partial charge in [0.05, 0.1) is 12.7 Å². The molecule has 14 heavy (non-hydrogen) atoms. The van der Waals surface area contributed by atoms with Crippen molar-refractivity contribution in [1.29, 1.82) is 0 Å². The third-order valence-corrected chi connectivity index (χ3v) is 2.08. The molecule has 1 aromatic rings. The molecule has 2 nitrogen and oxygen atoms in total. The van der Waals surface area contributed by atoms with Crippen LogP contribution in [0.1, 0.15) is 28.8 Å². The van der Waals surface area contributed by atoms with Gasteiger partial charge in [-0.2, -0.15) is 0 Å². The molecular weight excluding hydrogens is 176 g/mol. The first-order chi connectivity index (χ1) is 6.69. The van der Waals surface area contributed by atoms with Gasteiger partial charge in [-0.1, -0.05) is 18.1 Å². The van der Waals surface area contributed by atoms with Gasteiger partial charge in [0.25, 0.3) is 0 Å².